The maximum atomic E-state index is 14.3. The van der Waals surface area contributed by atoms with Gasteiger partial charge in [0.15, 0.2) is 0 Å². The zero-order valence-electron chi connectivity index (χ0n) is 13.4. The molecule has 1 amide bonds. The summed E-state index contributed by atoms with van der Waals surface area (Å²) in [5.74, 6) is -0.832. The van der Waals surface area contributed by atoms with E-state index in [1.165, 1.54) is 12.1 Å². The molecule has 1 unspecified atom stereocenters. The molecule has 0 saturated heterocycles. The van der Waals surface area contributed by atoms with Crippen LogP contribution in [0.25, 0.3) is 0 Å². The zero-order chi connectivity index (χ0) is 16.3. The van der Waals surface area contributed by atoms with E-state index in [1.54, 1.807) is 12.1 Å². The van der Waals surface area contributed by atoms with Crippen LogP contribution in [0.4, 0.5) is 4.39 Å². The number of alkyl halides is 1. The number of hydrogen-bond donors (Lipinski definition) is 1. The lowest BCUT2D eigenvalue weighted by atomic mass is 10.1. The first-order chi connectivity index (χ1) is 10.1. The maximum absolute atomic E-state index is 14.3. The Morgan fingerprint density at radius 3 is 2.89 bits per heavy atom. The standard InChI is InChI=1S/C13H14FNO3/c14-11-9-3-1-2-4-10(9)12(17)15(11)18-8-13(7-16)5-6-13/h1-4,11,16H,5-8H2/i7D2,8D2. The fourth-order valence-electron chi connectivity index (χ4n) is 1.83. The zero-order valence-corrected chi connectivity index (χ0v) is 9.39. The van der Waals surface area contributed by atoms with Gasteiger partial charge in [-0.05, 0) is 18.9 Å². The minimum atomic E-state index is -2.84. The topological polar surface area (TPSA) is 49.8 Å². The highest BCUT2D eigenvalue weighted by atomic mass is 19.1. The molecule has 5 heteroatoms. The first kappa shape index (κ1) is 7.86. The van der Waals surface area contributed by atoms with Crippen LogP contribution in [0.15, 0.2) is 24.3 Å². The molecular formula is C13H14FNO3. The van der Waals surface area contributed by atoms with Crippen molar-refractivity contribution in [1.82, 2.24) is 5.06 Å². The Hall–Kier alpha value is -1.46. The molecule has 1 saturated carbocycles. The minimum Gasteiger partial charge on any atom is -0.396 e. The largest absolute Gasteiger partial charge is 0.396 e. The van der Waals surface area contributed by atoms with Crippen LogP contribution in [0.5, 0.6) is 0 Å². The molecule has 1 aliphatic carbocycles. The molecule has 0 aromatic heterocycles. The highest BCUT2D eigenvalue weighted by Crippen LogP contribution is 2.46. The predicted molar refractivity (Wildman–Crippen MR) is 61.2 cm³/mol. The lowest BCUT2D eigenvalue weighted by Crippen LogP contribution is -2.30. The number of hydroxylamine groups is 2. The Balaban J connectivity index is 1.87. The quantitative estimate of drug-likeness (QED) is 0.835. The summed E-state index contributed by atoms with van der Waals surface area (Å²) in [4.78, 5) is 17.0. The second-order valence-corrected chi connectivity index (χ2v) is 4.44. The maximum Gasteiger partial charge on any atom is 0.280 e. The lowest BCUT2D eigenvalue weighted by Gasteiger charge is -2.21. The van der Waals surface area contributed by atoms with Crippen LogP contribution in [0.3, 0.4) is 0 Å². The molecule has 3 rings (SSSR count). The van der Waals surface area contributed by atoms with Crippen LogP contribution < -0.4 is 0 Å². The average Bonchev–Trinajstić information content (AvgIpc) is 3.21. The molecule has 1 aliphatic heterocycles. The fraction of sp³-hybridized carbons (Fsp3) is 0.462. The number of aliphatic hydroxyl groups is 1. The van der Waals surface area contributed by atoms with Crippen LogP contribution in [0, 0.1) is 5.41 Å². The van der Waals surface area contributed by atoms with Gasteiger partial charge in [0, 0.05) is 16.5 Å². The average molecular weight is 255 g/mol. The fourth-order valence-corrected chi connectivity index (χ4v) is 1.83. The summed E-state index contributed by atoms with van der Waals surface area (Å²) in [7, 11) is 0. The molecule has 1 aromatic rings. The number of hydrogen-bond acceptors (Lipinski definition) is 3. The van der Waals surface area contributed by atoms with Gasteiger partial charge in [0.25, 0.3) is 5.91 Å². The monoisotopic (exact) mass is 255 g/mol. The molecule has 1 heterocycles. The molecule has 0 bridgehead atoms. The summed E-state index contributed by atoms with van der Waals surface area (Å²) in [5, 5.41) is 9.81. The minimum absolute atomic E-state index is 0.0371. The Morgan fingerprint density at radius 2 is 2.28 bits per heavy atom. The van der Waals surface area contributed by atoms with Crippen molar-refractivity contribution in [2.75, 3.05) is 13.1 Å². The van der Waals surface area contributed by atoms with Crippen molar-refractivity contribution in [3.8, 4) is 0 Å². The Morgan fingerprint density at radius 1 is 1.56 bits per heavy atom. The second-order valence-electron chi connectivity index (χ2n) is 4.44. The summed E-state index contributed by atoms with van der Waals surface area (Å²) >= 11 is 0. The Bertz CT molecular complexity index is 630. The molecule has 2 aliphatic rings. The van der Waals surface area contributed by atoms with E-state index in [2.05, 4.69) is 0 Å². The highest BCUT2D eigenvalue weighted by Gasteiger charge is 2.45. The molecular weight excluding hydrogens is 237 g/mol. The molecule has 18 heavy (non-hydrogen) atoms. The van der Waals surface area contributed by atoms with Gasteiger partial charge in [-0.2, -0.15) is 5.06 Å². The predicted octanol–water partition coefficient (Wildman–Crippen LogP) is 1.81. The summed E-state index contributed by atoms with van der Waals surface area (Å²) in [6, 6.07) is 5.90. The van der Waals surface area contributed by atoms with Crippen LogP contribution in [-0.4, -0.2) is 29.2 Å². The SMILES string of the molecule is [2H]C([2H])(O)C1(C([2H])([2H])ON2C(=O)c3ccccc3C2F)CC1. The van der Waals surface area contributed by atoms with Crippen molar-refractivity contribution in [3.05, 3.63) is 35.4 Å². The summed E-state index contributed by atoms with van der Waals surface area (Å²) in [6.45, 7) is -5.56. The number of halogens is 1. The van der Waals surface area contributed by atoms with Crippen molar-refractivity contribution in [2.24, 2.45) is 5.41 Å². The number of carbonyl (C=O) groups excluding carboxylic acids is 1. The lowest BCUT2D eigenvalue weighted by molar-refractivity contribution is -0.189. The number of amides is 1. The van der Waals surface area contributed by atoms with Crippen LogP contribution in [0.2, 0.25) is 0 Å². The molecule has 4 nitrogen and oxygen atoms in total. The van der Waals surface area contributed by atoms with Crippen molar-refractivity contribution in [2.45, 2.75) is 19.1 Å². The summed E-state index contributed by atoms with van der Waals surface area (Å²) < 4.78 is 44.8. The molecule has 0 radical (unpaired) electrons. The van der Waals surface area contributed by atoms with Gasteiger partial charge in [0.2, 0.25) is 6.30 Å². The van der Waals surface area contributed by atoms with Crippen molar-refractivity contribution in [1.29, 1.82) is 0 Å². The molecule has 1 N–H and O–H groups in total. The smallest absolute Gasteiger partial charge is 0.280 e. The van der Waals surface area contributed by atoms with Gasteiger partial charge in [-0.3, -0.25) is 9.63 Å². The van der Waals surface area contributed by atoms with E-state index in [1.807, 2.05) is 0 Å². The third-order valence-corrected chi connectivity index (χ3v) is 3.16. The molecule has 1 fully saturated rings. The number of nitrogens with zero attached hydrogens (tertiary/aromatic N) is 1. The van der Waals surface area contributed by atoms with Crippen molar-refractivity contribution >= 4 is 5.91 Å². The number of benzene rings is 1. The van der Waals surface area contributed by atoms with Gasteiger partial charge in [0.1, 0.15) is 0 Å². The first-order valence-corrected chi connectivity index (χ1v) is 5.59. The Labute approximate surface area is 110 Å². The van der Waals surface area contributed by atoms with Gasteiger partial charge in [-0.25, -0.2) is 4.39 Å². The normalized spacial score (nSPS) is 29.1. The highest BCUT2D eigenvalue weighted by molar-refractivity contribution is 5.98. The van der Waals surface area contributed by atoms with E-state index in [4.69, 9.17) is 10.3 Å². The number of carbonyl (C=O) groups is 1. The van der Waals surface area contributed by atoms with E-state index in [0.717, 1.165) is 0 Å². The second kappa shape index (κ2) is 4.03. The number of rotatable bonds is 4. The Kier molecular flexibility index (Phi) is 1.76. The van der Waals surface area contributed by atoms with Gasteiger partial charge < -0.3 is 5.11 Å². The summed E-state index contributed by atoms with van der Waals surface area (Å²) in [5.41, 5.74) is -1.67. The molecule has 1 atom stereocenters. The van der Waals surface area contributed by atoms with E-state index < -0.39 is 30.7 Å². The molecule has 1 aromatic carbocycles. The molecule has 96 valence electrons. The van der Waals surface area contributed by atoms with Crippen molar-refractivity contribution < 1.29 is 24.6 Å². The van der Waals surface area contributed by atoms with Gasteiger partial charge in [0.05, 0.1) is 18.6 Å². The van der Waals surface area contributed by atoms with E-state index >= 15 is 0 Å². The first-order valence-electron chi connectivity index (χ1n) is 7.59. The number of fused-ring (bicyclic) bond motifs is 1. The van der Waals surface area contributed by atoms with Gasteiger partial charge in [-0.15, -0.1) is 0 Å². The third kappa shape index (κ3) is 1.71. The van der Waals surface area contributed by atoms with Crippen molar-refractivity contribution in [3.63, 3.8) is 0 Å². The van der Waals surface area contributed by atoms with Gasteiger partial charge >= 0.3 is 0 Å². The molecule has 0 spiro atoms. The van der Waals surface area contributed by atoms with Crippen LogP contribution in [0.1, 0.15) is 40.5 Å². The van der Waals surface area contributed by atoms with E-state index in [9.17, 15) is 14.3 Å². The van der Waals surface area contributed by atoms with Crippen LogP contribution in [-0.2, 0) is 4.84 Å². The van der Waals surface area contributed by atoms with Gasteiger partial charge in [-0.1, -0.05) is 18.2 Å². The van der Waals surface area contributed by atoms with Crippen LogP contribution >= 0.6 is 0 Å². The van der Waals surface area contributed by atoms with E-state index in [0.29, 0.717) is 0 Å². The third-order valence-electron chi connectivity index (χ3n) is 3.16. The summed E-state index contributed by atoms with van der Waals surface area (Å²) in [6.07, 6.45) is -1.90. The van der Waals surface area contributed by atoms with E-state index in [-0.39, 0.29) is 29.0 Å².